The number of aliphatic hydroxyl groups is 2. The normalized spacial score (nSPS) is 18.2. The molecule has 6 atom stereocenters. The Morgan fingerprint density at radius 1 is 0.420 bits per heavy atom. The summed E-state index contributed by atoms with van der Waals surface area (Å²) in [5.41, 5.74) is 0. The fourth-order valence-corrected chi connectivity index (χ4v) is 9.70. The third kappa shape index (κ3) is 46.3. The molecule has 12 heteroatoms. The lowest BCUT2D eigenvalue weighted by atomic mass is 9.98. The predicted octanol–water partition coefficient (Wildman–Crippen LogP) is 17.7. The summed E-state index contributed by atoms with van der Waals surface area (Å²) in [4.78, 5) is 51.3. The van der Waals surface area contributed by atoms with Gasteiger partial charge in [-0.15, -0.1) is 0 Å². The van der Waals surface area contributed by atoms with E-state index in [1.807, 2.05) is 0 Å². The Morgan fingerprint density at radius 2 is 0.778 bits per heavy atom. The summed E-state index contributed by atoms with van der Waals surface area (Å²) >= 11 is 0. The van der Waals surface area contributed by atoms with Crippen LogP contribution in [0.2, 0.25) is 0 Å². The molecule has 466 valence electrons. The van der Waals surface area contributed by atoms with Gasteiger partial charge in [0, 0.05) is 19.3 Å². The average Bonchev–Trinajstić information content (AvgIpc) is 3.54. The van der Waals surface area contributed by atoms with Crippen LogP contribution in [0.4, 0.5) is 0 Å². The second-order valence-electron chi connectivity index (χ2n) is 22.4. The molecule has 0 aromatic rings. The van der Waals surface area contributed by atoms with Crippen molar-refractivity contribution in [1.82, 2.24) is 0 Å². The van der Waals surface area contributed by atoms with Crippen LogP contribution in [0.15, 0.2) is 72.9 Å². The van der Waals surface area contributed by atoms with E-state index in [1.165, 1.54) is 109 Å². The van der Waals surface area contributed by atoms with Gasteiger partial charge in [0.15, 0.2) is 24.6 Å². The predicted molar refractivity (Wildman–Crippen MR) is 331 cm³/mol. The number of ether oxygens (including phenoxy) is 5. The van der Waals surface area contributed by atoms with Crippen LogP contribution >= 0.6 is 0 Å². The molecule has 1 aliphatic rings. The first-order valence-corrected chi connectivity index (χ1v) is 32.9. The molecule has 1 aliphatic heterocycles. The highest BCUT2D eigenvalue weighted by molar-refractivity contribution is 5.74. The number of esters is 3. The van der Waals surface area contributed by atoms with Gasteiger partial charge < -0.3 is 39.0 Å². The fourth-order valence-electron chi connectivity index (χ4n) is 9.70. The van der Waals surface area contributed by atoms with Gasteiger partial charge >= 0.3 is 23.9 Å². The molecule has 0 aromatic heterocycles. The monoisotopic (exact) mass is 1140 g/mol. The molecule has 0 bridgehead atoms. The van der Waals surface area contributed by atoms with Crippen molar-refractivity contribution in [3.8, 4) is 0 Å². The van der Waals surface area contributed by atoms with E-state index in [-0.39, 0.29) is 25.9 Å². The number of hydrogen-bond donors (Lipinski definition) is 3. The molecule has 0 spiro atoms. The molecule has 1 heterocycles. The van der Waals surface area contributed by atoms with Crippen molar-refractivity contribution in [2.24, 2.45) is 0 Å². The Morgan fingerprint density at radius 3 is 1.21 bits per heavy atom. The van der Waals surface area contributed by atoms with Gasteiger partial charge in [-0.1, -0.05) is 235 Å². The summed E-state index contributed by atoms with van der Waals surface area (Å²) in [5.74, 6) is -3.14. The maximum atomic E-state index is 13.2. The second kappa shape index (κ2) is 56.6. The topological polar surface area (TPSA) is 175 Å². The summed E-state index contributed by atoms with van der Waals surface area (Å²) in [6.45, 7) is 5.88. The van der Waals surface area contributed by atoms with Crippen molar-refractivity contribution < 1.29 is 58.2 Å². The van der Waals surface area contributed by atoms with E-state index in [2.05, 4.69) is 93.7 Å². The minimum absolute atomic E-state index is 0.0421. The lowest BCUT2D eigenvalue weighted by Gasteiger charge is -2.40. The molecule has 81 heavy (non-hydrogen) atoms. The standard InChI is InChI=1S/C69H118O12/c1-4-7-10-13-16-19-22-25-27-29-31-33-35-38-40-43-46-49-52-55-61(70)77-58-60(79-62(71)56-53-50-47-44-41-37-24-21-18-15-12-9-6-3)59-78-69-67(65(74)64(73)66(81-69)68(75)76)80-63(72)57-54-51-48-45-42-39-36-34-32-30-28-26-23-20-17-14-11-8-5-2/h8,11,17,20-21,24-28,32,34,60,64-67,69,73-74H,4-7,9-10,12-16,18-19,22-23,29-31,33,35-59H2,1-3H3,(H,75,76)/b11-8-,20-17-,24-21-,27-25-,28-26-,34-32-. The number of allylic oxidation sites excluding steroid dienone is 12. The highest BCUT2D eigenvalue weighted by atomic mass is 16.7. The number of rotatable bonds is 56. The number of carboxylic acid groups (broad SMARTS) is 1. The van der Waals surface area contributed by atoms with Crippen molar-refractivity contribution in [2.45, 2.75) is 327 Å². The van der Waals surface area contributed by atoms with Crippen LogP contribution in [0, 0.1) is 0 Å². The highest BCUT2D eigenvalue weighted by Gasteiger charge is 2.50. The summed E-state index contributed by atoms with van der Waals surface area (Å²) in [7, 11) is 0. The number of carbonyl (C=O) groups is 4. The van der Waals surface area contributed by atoms with Crippen LogP contribution in [0.1, 0.15) is 290 Å². The van der Waals surface area contributed by atoms with Crippen LogP contribution < -0.4 is 0 Å². The van der Waals surface area contributed by atoms with E-state index < -0.39 is 67.3 Å². The summed E-state index contributed by atoms with van der Waals surface area (Å²) < 4.78 is 28.5. The molecule has 0 radical (unpaired) electrons. The second-order valence-corrected chi connectivity index (χ2v) is 22.4. The van der Waals surface area contributed by atoms with Gasteiger partial charge in [0.25, 0.3) is 0 Å². The van der Waals surface area contributed by atoms with Crippen LogP contribution in [-0.4, -0.2) is 89.2 Å². The highest BCUT2D eigenvalue weighted by Crippen LogP contribution is 2.27. The molecule has 3 N–H and O–H groups in total. The Labute approximate surface area is 493 Å². The zero-order valence-electron chi connectivity index (χ0n) is 51.5. The van der Waals surface area contributed by atoms with Crippen molar-refractivity contribution in [3.63, 3.8) is 0 Å². The van der Waals surface area contributed by atoms with Gasteiger partial charge in [-0.2, -0.15) is 0 Å². The fraction of sp³-hybridized carbons (Fsp3) is 0.768. The lowest BCUT2D eigenvalue weighted by molar-refractivity contribution is -0.301. The van der Waals surface area contributed by atoms with Gasteiger partial charge in [0.05, 0.1) is 6.61 Å². The summed E-state index contributed by atoms with van der Waals surface area (Å²) in [6, 6.07) is 0. The zero-order valence-corrected chi connectivity index (χ0v) is 51.5. The van der Waals surface area contributed by atoms with Crippen molar-refractivity contribution in [1.29, 1.82) is 0 Å². The van der Waals surface area contributed by atoms with Gasteiger partial charge in [-0.05, 0) is 109 Å². The average molecular weight is 1140 g/mol. The van der Waals surface area contributed by atoms with Crippen LogP contribution in [0.5, 0.6) is 0 Å². The molecule has 0 aromatic carbocycles. The largest absolute Gasteiger partial charge is 0.479 e. The summed E-state index contributed by atoms with van der Waals surface area (Å²) in [6.07, 6.45) is 60.0. The Hall–Kier alpha value is -3.84. The molecule has 1 rings (SSSR count). The third-order valence-corrected chi connectivity index (χ3v) is 14.7. The maximum Gasteiger partial charge on any atom is 0.335 e. The quantitative estimate of drug-likeness (QED) is 0.0228. The van der Waals surface area contributed by atoms with Crippen LogP contribution in [0.3, 0.4) is 0 Å². The number of carbonyl (C=O) groups excluding carboxylic acids is 3. The number of carboxylic acids is 1. The van der Waals surface area contributed by atoms with Gasteiger partial charge in [-0.25, -0.2) is 4.79 Å². The minimum atomic E-state index is -1.91. The van der Waals surface area contributed by atoms with Crippen molar-refractivity contribution in [3.05, 3.63) is 72.9 Å². The number of aliphatic carboxylic acids is 1. The zero-order chi connectivity index (χ0) is 58.9. The van der Waals surface area contributed by atoms with Gasteiger partial charge in [-0.3, -0.25) is 14.4 Å². The van der Waals surface area contributed by atoms with Gasteiger partial charge in [0.1, 0.15) is 18.8 Å². The van der Waals surface area contributed by atoms with Crippen molar-refractivity contribution >= 4 is 23.9 Å². The Bertz CT molecular complexity index is 1680. The smallest absolute Gasteiger partial charge is 0.335 e. The van der Waals surface area contributed by atoms with Crippen LogP contribution in [-0.2, 0) is 42.9 Å². The minimum Gasteiger partial charge on any atom is -0.479 e. The molecule has 0 aliphatic carbocycles. The van der Waals surface area contributed by atoms with E-state index in [9.17, 15) is 34.5 Å². The molecule has 1 saturated heterocycles. The Balaban J connectivity index is 2.64. The molecule has 6 unspecified atom stereocenters. The SMILES string of the molecule is CC/C=C\C/C=C\C/C=C\C/C=C\CCCCCCCCC(=O)OC1C(OCC(COC(=O)CCCCCCCCCCC/C=C\CCCCCCCC)OC(=O)CCCCCCC/C=C\CCCCCC)OC(C(=O)O)C(O)C1O. The molecule has 12 nitrogen and oxygen atoms in total. The number of hydrogen-bond acceptors (Lipinski definition) is 11. The molecule has 0 amide bonds. The Kier molecular flexibility index (Phi) is 52.6. The molecule has 1 fully saturated rings. The summed E-state index contributed by atoms with van der Waals surface area (Å²) in [5, 5.41) is 31.6. The van der Waals surface area contributed by atoms with Crippen LogP contribution in [0.25, 0.3) is 0 Å². The van der Waals surface area contributed by atoms with Gasteiger partial charge in [0.2, 0.25) is 0 Å². The molecular formula is C69H118O12. The first-order valence-electron chi connectivity index (χ1n) is 32.9. The maximum absolute atomic E-state index is 13.2. The number of aliphatic hydroxyl groups excluding tert-OH is 2. The van der Waals surface area contributed by atoms with E-state index in [0.717, 1.165) is 122 Å². The molecular weight excluding hydrogens is 1020 g/mol. The lowest BCUT2D eigenvalue weighted by Crippen LogP contribution is -2.61. The molecule has 0 saturated carbocycles. The van der Waals surface area contributed by atoms with E-state index in [0.29, 0.717) is 19.3 Å². The third-order valence-electron chi connectivity index (χ3n) is 14.7. The first kappa shape index (κ1) is 75.2. The van der Waals surface area contributed by atoms with Crippen molar-refractivity contribution in [2.75, 3.05) is 13.2 Å². The first-order chi connectivity index (χ1) is 39.6. The van der Waals surface area contributed by atoms with E-state index in [4.69, 9.17) is 23.7 Å². The number of unbranched alkanes of at least 4 members (excludes halogenated alkanes) is 30. The van der Waals surface area contributed by atoms with E-state index >= 15 is 0 Å². The van der Waals surface area contributed by atoms with E-state index in [1.54, 1.807) is 0 Å².